The van der Waals surface area contributed by atoms with Crippen LogP contribution in [0, 0.1) is 5.92 Å². The van der Waals surface area contributed by atoms with Crippen molar-refractivity contribution in [2.24, 2.45) is 11.0 Å². The summed E-state index contributed by atoms with van der Waals surface area (Å²) in [6.07, 6.45) is 3.60. The van der Waals surface area contributed by atoms with Crippen molar-refractivity contribution in [3.63, 3.8) is 0 Å². The molecule has 1 unspecified atom stereocenters. The largest absolute Gasteiger partial charge is 0.493 e. The number of ether oxygens (including phenoxy) is 1. The molecule has 0 heterocycles. The van der Waals surface area contributed by atoms with Crippen LogP contribution in [0.3, 0.4) is 0 Å². The molecule has 2 N–H and O–H groups in total. The van der Waals surface area contributed by atoms with Gasteiger partial charge in [0.25, 0.3) is 11.8 Å². The highest BCUT2D eigenvalue weighted by Crippen LogP contribution is 2.27. The van der Waals surface area contributed by atoms with Crippen molar-refractivity contribution in [2.45, 2.75) is 39.7 Å². The second kappa shape index (κ2) is 11.8. The van der Waals surface area contributed by atoms with E-state index in [0.29, 0.717) is 12.2 Å². The van der Waals surface area contributed by atoms with Gasteiger partial charge in [0.05, 0.1) is 12.8 Å². The fourth-order valence-electron chi connectivity index (χ4n) is 3.44. The fraction of sp³-hybridized carbons (Fsp3) is 0.296. The lowest BCUT2D eigenvalue weighted by Crippen LogP contribution is -2.48. The normalized spacial score (nSPS) is 12.1. The van der Waals surface area contributed by atoms with Gasteiger partial charge in [-0.1, -0.05) is 75.7 Å². The molecule has 0 radical (unpaired) electrons. The Morgan fingerprint density at radius 1 is 1.00 bits per heavy atom. The molecule has 0 aliphatic rings. The number of nitrogens with one attached hydrogen (secondary N) is 2. The van der Waals surface area contributed by atoms with Gasteiger partial charge in [0.2, 0.25) is 0 Å². The first-order chi connectivity index (χ1) is 16.0. The van der Waals surface area contributed by atoms with Crippen LogP contribution in [0.2, 0.25) is 0 Å². The van der Waals surface area contributed by atoms with Crippen molar-refractivity contribution < 1.29 is 14.3 Å². The molecule has 0 aliphatic heterocycles. The highest BCUT2D eigenvalue weighted by molar-refractivity contribution is 6.03. The number of carbonyl (C=O) groups excluding carboxylic acids is 2. The van der Waals surface area contributed by atoms with Gasteiger partial charge in [-0.3, -0.25) is 9.59 Å². The number of unbranched alkanes of at least 4 members (excludes halogenated alkanes) is 1. The number of fused-ring (bicyclic) bond motifs is 1. The van der Waals surface area contributed by atoms with Crippen LogP contribution in [0.25, 0.3) is 10.8 Å². The van der Waals surface area contributed by atoms with Crippen molar-refractivity contribution in [1.29, 1.82) is 0 Å². The first-order valence-corrected chi connectivity index (χ1v) is 11.3. The quantitative estimate of drug-likeness (QED) is 0.264. The van der Waals surface area contributed by atoms with Gasteiger partial charge < -0.3 is 10.1 Å². The van der Waals surface area contributed by atoms with Gasteiger partial charge in [-0.15, -0.1) is 0 Å². The number of hydrazone groups is 1. The van der Waals surface area contributed by atoms with Gasteiger partial charge in [0, 0.05) is 11.1 Å². The minimum absolute atomic E-state index is 0.113. The van der Waals surface area contributed by atoms with Crippen LogP contribution in [-0.2, 0) is 4.79 Å². The number of carbonyl (C=O) groups is 2. The second-order valence-corrected chi connectivity index (χ2v) is 8.20. The van der Waals surface area contributed by atoms with E-state index in [-0.39, 0.29) is 17.7 Å². The lowest BCUT2D eigenvalue weighted by Gasteiger charge is -2.20. The molecule has 6 nitrogen and oxygen atoms in total. The summed E-state index contributed by atoms with van der Waals surface area (Å²) in [5, 5.41) is 9.06. The van der Waals surface area contributed by atoms with E-state index in [2.05, 4.69) is 22.8 Å². The monoisotopic (exact) mass is 445 g/mol. The molecule has 0 aromatic heterocycles. The molecular weight excluding hydrogens is 414 g/mol. The average Bonchev–Trinajstić information content (AvgIpc) is 2.83. The lowest BCUT2D eigenvalue weighted by molar-refractivity contribution is -0.123. The first kappa shape index (κ1) is 24.0. The van der Waals surface area contributed by atoms with Gasteiger partial charge >= 0.3 is 0 Å². The Bertz CT molecular complexity index is 1110. The summed E-state index contributed by atoms with van der Waals surface area (Å²) in [7, 11) is 0. The zero-order chi connectivity index (χ0) is 23.6. The molecule has 0 spiro atoms. The molecule has 0 saturated carbocycles. The Balaban J connectivity index is 1.76. The Labute approximate surface area is 195 Å². The summed E-state index contributed by atoms with van der Waals surface area (Å²) in [6, 6.07) is 20.0. The van der Waals surface area contributed by atoms with E-state index < -0.39 is 6.04 Å². The summed E-state index contributed by atoms with van der Waals surface area (Å²) in [6.45, 7) is 6.49. The summed E-state index contributed by atoms with van der Waals surface area (Å²) < 4.78 is 5.97. The average molecular weight is 446 g/mol. The van der Waals surface area contributed by atoms with E-state index in [1.165, 1.54) is 0 Å². The molecule has 3 aromatic carbocycles. The van der Waals surface area contributed by atoms with Crippen LogP contribution < -0.4 is 15.5 Å². The molecule has 0 aliphatic carbocycles. The zero-order valence-electron chi connectivity index (χ0n) is 19.4. The van der Waals surface area contributed by atoms with Crippen molar-refractivity contribution >= 4 is 28.8 Å². The van der Waals surface area contributed by atoms with Gasteiger partial charge in [0.15, 0.2) is 0 Å². The van der Waals surface area contributed by atoms with Crippen molar-refractivity contribution in [1.82, 2.24) is 10.7 Å². The van der Waals surface area contributed by atoms with Crippen LogP contribution in [0.15, 0.2) is 71.8 Å². The Hall–Kier alpha value is -3.67. The van der Waals surface area contributed by atoms with E-state index in [4.69, 9.17) is 4.74 Å². The first-order valence-electron chi connectivity index (χ1n) is 11.3. The summed E-state index contributed by atoms with van der Waals surface area (Å²) in [5.41, 5.74) is 3.90. The summed E-state index contributed by atoms with van der Waals surface area (Å²) in [5.74, 6) is -0.0652. The lowest BCUT2D eigenvalue weighted by atomic mass is 10.0. The van der Waals surface area contributed by atoms with Gasteiger partial charge in [-0.05, 0) is 41.3 Å². The standard InChI is InChI=1S/C27H31N3O3/c1-4-5-17-33-24-16-15-20-11-9-10-14-22(20)23(24)18-28-30-27(32)25(19(2)3)29-26(31)21-12-7-6-8-13-21/h6-16,18-19,25H,4-5,17H2,1-3H3,(H,29,31)(H,30,32). The van der Waals surface area contributed by atoms with Gasteiger partial charge in [-0.25, -0.2) is 5.43 Å². The third-order valence-electron chi connectivity index (χ3n) is 5.33. The van der Waals surface area contributed by atoms with E-state index in [1.54, 1.807) is 30.5 Å². The number of hydrogen-bond acceptors (Lipinski definition) is 4. The molecule has 2 amide bonds. The molecule has 0 bridgehead atoms. The minimum Gasteiger partial charge on any atom is -0.493 e. The molecule has 1 atom stereocenters. The van der Waals surface area contributed by atoms with Crippen LogP contribution in [0.5, 0.6) is 5.75 Å². The molecule has 3 rings (SSSR count). The molecule has 0 saturated heterocycles. The van der Waals surface area contributed by atoms with Gasteiger partial charge in [-0.2, -0.15) is 5.10 Å². The van der Waals surface area contributed by atoms with Crippen molar-refractivity contribution in [2.75, 3.05) is 6.61 Å². The molecular formula is C27H31N3O3. The van der Waals surface area contributed by atoms with Crippen molar-refractivity contribution in [3.8, 4) is 5.75 Å². The van der Waals surface area contributed by atoms with Crippen LogP contribution in [0.4, 0.5) is 0 Å². The number of amides is 2. The van der Waals surface area contributed by atoms with Crippen LogP contribution in [0.1, 0.15) is 49.5 Å². The van der Waals surface area contributed by atoms with E-state index in [0.717, 1.165) is 34.9 Å². The summed E-state index contributed by atoms with van der Waals surface area (Å²) in [4.78, 5) is 25.4. The number of benzene rings is 3. The van der Waals surface area contributed by atoms with E-state index in [9.17, 15) is 9.59 Å². The molecule has 3 aromatic rings. The van der Waals surface area contributed by atoms with Crippen LogP contribution in [-0.4, -0.2) is 30.7 Å². The third-order valence-corrected chi connectivity index (χ3v) is 5.33. The predicted molar refractivity (Wildman–Crippen MR) is 133 cm³/mol. The Morgan fingerprint density at radius 3 is 2.45 bits per heavy atom. The maximum absolute atomic E-state index is 12.8. The fourth-order valence-corrected chi connectivity index (χ4v) is 3.44. The zero-order valence-corrected chi connectivity index (χ0v) is 19.4. The highest BCUT2D eigenvalue weighted by Gasteiger charge is 2.24. The topological polar surface area (TPSA) is 79.8 Å². The Morgan fingerprint density at radius 2 is 1.73 bits per heavy atom. The molecule has 172 valence electrons. The molecule has 6 heteroatoms. The highest BCUT2D eigenvalue weighted by atomic mass is 16.5. The second-order valence-electron chi connectivity index (χ2n) is 8.20. The maximum atomic E-state index is 12.8. The minimum atomic E-state index is -0.720. The van der Waals surface area contributed by atoms with Crippen molar-refractivity contribution in [3.05, 3.63) is 77.9 Å². The predicted octanol–water partition coefficient (Wildman–Crippen LogP) is 4.92. The van der Waals surface area contributed by atoms with E-state index in [1.807, 2.05) is 56.3 Å². The SMILES string of the molecule is CCCCOc1ccc2ccccc2c1C=NNC(=O)C(NC(=O)c1ccccc1)C(C)C. The molecule has 0 fully saturated rings. The van der Waals surface area contributed by atoms with Gasteiger partial charge in [0.1, 0.15) is 11.8 Å². The van der Waals surface area contributed by atoms with E-state index >= 15 is 0 Å². The number of nitrogens with zero attached hydrogens (tertiary/aromatic N) is 1. The van der Waals surface area contributed by atoms with Crippen LogP contribution >= 0.6 is 0 Å². The third kappa shape index (κ3) is 6.42. The molecule has 33 heavy (non-hydrogen) atoms. The number of rotatable bonds is 10. The smallest absolute Gasteiger partial charge is 0.262 e. The summed E-state index contributed by atoms with van der Waals surface area (Å²) >= 11 is 0. The Kier molecular flexibility index (Phi) is 8.58. The number of hydrogen-bond donors (Lipinski definition) is 2. The maximum Gasteiger partial charge on any atom is 0.262 e.